The molecule has 0 fully saturated rings. The van der Waals surface area contributed by atoms with Crippen molar-refractivity contribution >= 4 is 0 Å². The topological polar surface area (TPSA) is 12.0 Å². The minimum absolute atomic E-state index is 0.727. The summed E-state index contributed by atoms with van der Waals surface area (Å²) in [6.07, 6.45) is 0.727. The van der Waals surface area contributed by atoms with Crippen molar-refractivity contribution in [2.75, 3.05) is 13.1 Å². The normalized spacial score (nSPS) is 10.4. The van der Waals surface area contributed by atoms with E-state index in [1.54, 1.807) is 6.07 Å². The van der Waals surface area contributed by atoms with Crippen LogP contribution in [0, 0.1) is 11.6 Å². The molecule has 72 valence electrons. The lowest BCUT2D eigenvalue weighted by Gasteiger charge is -2.02. The fourth-order valence-electron chi connectivity index (χ4n) is 1.10. The molecular weight excluding hydrogens is 172 g/mol. The molecule has 0 aromatic heterocycles. The van der Waals surface area contributed by atoms with E-state index in [0.717, 1.165) is 31.1 Å². The first-order chi connectivity index (χ1) is 6.24. The predicted molar refractivity (Wildman–Crippen MR) is 48.6 cm³/mol. The molecule has 0 saturated heterocycles. The Labute approximate surface area is 76.8 Å². The average Bonchev–Trinajstić information content (AvgIpc) is 2.12. The van der Waals surface area contributed by atoms with Crippen molar-refractivity contribution in [3.8, 4) is 0 Å². The van der Waals surface area contributed by atoms with E-state index in [-0.39, 0.29) is 0 Å². The van der Waals surface area contributed by atoms with Crippen LogP contribution in [0.3, 0.4) is 0 Å². The molecule has 3 heteroatoms. The van der Waals surface area contributed by atoms with E-state index in [1.807, 2.05) is 6.92 Å². The monoisotopic (exact) mass is 185 g/mol. The second-order valence-electron chi connectivity index (χ2n) is 2.85. The van der Waals surface area contributed by atoms with Crippen LogP contribution in [0.5, 0.6) is 0 Å². The van der Waals surface area contributed by atoms with Crippen LogP contribution in [-0.2, 0) is 6.42 Å². The molecule has 0 atom stereocenters. The van der Waals surface area contributed by atoms with E-state index < -0.39 is 11.6 Å². The van der Waals surface area contributed by atoms with E-state index in [4.69, 9.17) is 0 Å². The molecule has 0 spiro atoms. The highest BCUT2D eigenvalue weighted by Gasteiger charge is 2.01. The Balaban J connectivity index is 2.53. The third-order valence-electron chi connectivity index (χ3n) is 1.82. The molecule has 0 unspecified atom stereocenters. The van der Waals surface area contributed by atoms with Gasteiger partial charge in [0.1, 0.15) is 0 Å². The van der Waals surface area contributed by atoms with Gasteiger partial charge in [-0.1, -0.05) is 13.0 Å². The maximum Gasteiger partial charge on any atom is 0.159 e. The Hall–Kier alpha value is -0.960. The molecule has 0 bridgehead atoms. The Bertz CT molecular complexity index is 274. The number of likely N-dealkylation sites (N-methyl/N-ethyl adjacent to an activating group) is 1. The maximum atomic E-state index is 12.7. The Morgan fingerprint density at radius 1 is 1.23 bits per heavy atom. The number of hydrogen-bond acceptors (Lipinski definition) is 1. The first-order valence-electron chi connectivity index (χ1n) is 4.38. The van der Waals surface area contributed by atoms with Crippen LogP contribution in [-0.4, -0.2) is 13.1 Å². The molecule has 1 aromatic rings. The second-order valence-corrected chi connectivity index (χ2v) is 2.85. The number of rotatable bonds is 4. The second kappa shape index (κ2) is 4.92. The fourth-order valence-corrected chi connectivity index (χ4v) is 1.10. The Kier molecular flexibility index (Phi) is 3.83. The standard InChI is InChI=1S/C10H13F2N/c1-2-13-6-5-8-3-4-9(11)10(12)7-8/h3-4,7,13H,2,5-6H2,1H3. The first kappa shape index (κ1) is 10.1. The highest BCUT2D eigenvalue weighted by molar-refractivity contribution is 5.17. The maximum absolute atomic E-state index is 12.7. The summed E-state index contributed by atoms with van der Waals surface area (Å²) in [7, 11) is 0. The lowest BCUT2D eigenvalue weighted by Crippen LogP contribution is -2.16. The lowest BCUT2D eigenvalue weighted by atomic mass is 10.1. The van der Waals surface area contributed by atoms with Gasteiger partial charge in [-0.15, -0.1) is 0 Å². The summed E-state index contributed by atoms with van der Waals surface area (Å²) < 4.78 is 25.2. The largest absolute Gasteiger partial charge is 0.317 e. The van der Waals surface area contributed by atoms with Crippen molar-refractivity contribution in [3.05, 3.63) is 35.4 Å². The zero-order chi connectivity index (χ0) is 9.68. The summed E-state index contributed by atoms with van der Waals surface area (Å²) in [6.45, 7) is 3.69. The summed E-state index contributed by atoms with van der Waals surface area (Å²) in [5.74, 6) is -1.55. The quantitative estimate of drug-likeness (QED) is 0.708. The van der Waals surface area contributed by atoms with Gasteiger partial charge in [-0.3, -0.25) is 0 Å². The van der Waals surface area contributed by atoms with Gasteiger partial charge in [-0.25, -0.2) is 8.78 Å². The van der Waals surface area contributed by atoms with Gasteiger partial charge in [0.05, 0.1) is 0 Å². The highest BCUT2D eigenvalue weighted by Crippen LogP contribution is 2.08. The molecule has 0 radical (unpaired) electrons. The fraction of sp³-hybridized carbons (Fsp3) is 0.400. The van der Waals surface area contributed by atoms with Crippen LogP contribution in [0.2, 0.25) is 0 Å². The Morgan fingerprint density at radius 3 is 2.62 bits per heavy atom. The Morgan fingerprint density at radius 2 is 2.00 bits per heavy atom. The molecule has 0 saturated carbocycles. The van der Waals surface area contributed by atoms with E-state index in [2.05, 4.69) is 5.32 Å². The molecule has 1 N–H and O–H groups in total. The number of benzene rings is 1. The van der Waals surface area contributed by atoms with Crippen LogP contribution < -0.4 is 5.32 Å². The van der Waals surface area contributed by atoms with Gasteiger partial charge in [0.15, 0.2) is 11.6 Å². The number of nitrogens with one attached hydrogen (secondary N) is 1. The predicted octanol–water partition coefficient (Wildman–Crippen LogP) is 2.12. The highest BCUT2D eigenvalue weighted by atomic mass is 19.2. The summed E-state index contributed by atoms with van der Waals surface area (Å²) in [5, 5.41) is 3.11. The molecule has 1 nitrogen and oxygen atoms in total. The zero-order valence-electron chi connectivity index (χ0n) is 7.61. The van der Waals surface area contributed by atoms with Gasteiger partial charge < -0.3 is 5.32 Å². The van der Waals surface area contributed by atoms with Gasteiger partial charge >= 0.3 is 0 Å². The molecule has 0 aliphatic rings. The third kappa shape index (κ3) is 3.11. The molecule has 0 heterocycles. The molecular formula is C10H13F2N. The SMILES string of the molecule is CCNCCc1ccc(F)c(F)c1. The molecule has 1 rings (SSSR count). The molecule has 0 amide bonds. The number of hydrogen-bond donors (Lipinski definition) is 1. The third-order valence-corrected chi connectivity index (χ3v) is 1.82. The molecule has 0 aliphatic carbocycles. The average molecular weight is 185 g/mol. The van der Waals surface area contributed by atoms with E-state index in [0.29, 0.717) is 0 Å². The van der Waals surface area contributed by atoms with Crippen LogP contribution in [0.4, 0.5) is 8.78 Å². The van der Waals surface area contributed by atoms with Gasteiger partial charge in [0, 0.05) is 0 Å². The van der Waals surface area contributed by atoms with Crippen molar-refractivity contribution in [2.45, 2.75) is 13.3 Å². The van der Waals surface area contributed by atoms with Crippen molar-refractivity contribution in [1.82, 2.24) is 5.32 Å². The van der Waals surface area contributed by atoms with E-state index >= 15 is 0 Å². The van der Waals surface area contributed by atoms with Crippen LogP contribution in [0.15, 0.2) is 18.2 Å². The summed E-state index contributed by atoms with van der Waals surface area (Å²) in [4.78, 5) is 0. The summed E-state index contributed by atoms with van der Waals surface area (Å²) in [5.41, 5.74) is 0.819. The summed E-state index contributed by atoms with van der Waals surface area (Å²) in [6, 6.07) is 4.01. The minimum atomic E-state index is -0.785. The van der Waals surface area contributed by atoms with Crippen LogP contribution in [0.25, 0.3) is 0 Å². The van der Waals surface area contributed by atoms with Crippen molar-refractivity contribution in [2.24, 2.45) is 0 Å². The minimum Gasteiger partial charge on any atom is -0.317 e. The van der Waals surface area contributed by atoms with Gasteiger partial charge in [-0.2, -0.15) is 0 Å². The van der Waals surface area contributed by atoms with Crippen molar-refractivity contribution < 1.29 is 8.78 Å². The van der Waals surface area contributed by atoms with Crippen molar-refractivity contribution in [1.29, 1.82) is 0 Å². The van der Waals surface area contributed by atoms with Crippen LogP contribution >= 0.6 is 0 Å². The van der Waals surface area contributed by atoms with Gasteiger partial charge in [-0.05, 0) is 37.2 Å². The molecule has 0 aliphatic heterocycles. The smallest absolute Gasteiger partial charge is 0.159 e. The summed E-state index contributed by atoms with van der Waals surface area (Å²) >= 11 is 0. The van der Waals surface area contributed by atoms with Gasteiger partial charge in [0.25, 0.3) is 0 Å². The van der Waals surface area contributed by atoms with Gasteiger partial charge in [0.2, 0.25) is 0 Å². The van der Waals surface area contributed by atoms with E-state index in [9.17, 15) is 8.78 Å². The molecule has 1 aromatic carbocycles. The van der Waals surface area contributed by atoms with Crippen molar-refractivity contribution in [3.63, 3.8) is 0 Å². The van der Waals surface area contributed by atoms with E-state index in [1.165, 1.54) is 6.07 Å². The van der Waals surface area contributed by atoms with Crippen LogP contribution in [0.1, 0.15) is 12.5 Å². The lowest BCUT2D eigenvalue weighted by molar-refractivity contribution is 0.506. The zero-order valence-corrected chi connectivity index (χ0v) is 7.61. The molecule has 13 heavy (non-hydrogen) atoms. The number of halogens is 2. The first-order valence-corrected chi connectivity index (χ1v) is 4.38.